The molecule has 128 valence electrons. The highest BCUT2D eigenvalue weighted by Gasteiger charge is 2.34. The molecule has 0 saturated carbocycles. The number of carbonyl (C=O) groups excluding carboxylic acids is 2. The first-order chi connectivity index (χ1) is 11.0. The molecular formula is C16H26N4O3. The minimum absolute atomic E-state index is 0.0227. The van der Waals surface area contributed by atoms with Crippen molar-refractivity contribution in [3.05, 3.63) is 18.0 Å². The van der Waals surface area contributed by atoms with Crippen molar-refractivity contribution in [2.45, 2.75) is 50.7 Å². The molecule has 2 N–H and O–H groups in total. The summed E-state index contributed by atoms with van der Waals surface area (Å²) in [6, 6.07) is -0.0670. The van der Waals surface area contributed by atoms with Gasteiger partial charge in [0, 0.05) is 39.7 Å². The highest BCUT2D eigenvalue weighted by molar-refractivity contribution is 5.77. The molecule has 1 saturated heterocycles. The fraction of sp³-hybridized carbons (Fsp3) is 0.688. The van der Waals surface area contributed by atoms with Crippen LogP contribution in [-0.2, 0) is 27.8 Å². The number of likely N-dealkylation sites (tertiary alicyclic amines) is 1. The summed E-state index contributed by atoms with van der Waals surface area (Å²) in [5.41, 5.74) is 6.31. The third-order valence-electron chi connectivity index (χ3n) is 4.41. The van der Waals surface area contributed by atoms with Gasteiger partial charge in [0.15, 0.2) is 0 Å². The second-order valence-electron chi connectivity index (χ2n) is 6.10. The molecular weight excluding hydrogens is 296 g/mol. The van der Waals surface area contributed by atoms with E-state index in [2.05, 4.69) is 5.10 Å². The number of aryl methyl sites for hydroxylation is 2. The molecule has 7 nitrogen and oxygen atoms in total. The lowest BCUT2D eigenvalue weighted by Gasteiger charge is -2.40. The van der Waals surface area contributed by atoms with Gasteiger partial charge in [-0.3, -0.25) is 14.3 Å². The topological polar surface area (TPSA) is 90.4 Å². The van der Waals surface area contributed by atoms with E-state index in [-0.39, 0.29) is 30.4 Å². The average Bonchev–Trinajstić information content (AvgIpc) is 2.95. The maximum atomic E-state index is 12.6. The van der Waals surface area contributed by atoms with Crippen molar-refractivity contribution in [1.82, 2.24) is 14.7 Å². The molecule has 0 spiro atoms. The highest BCUT2D eigenvalue weighted by Crippen LogP contribution is 2.24. The zero-order valence-corrected chi connectivity index (χ0v) is 13.9. The molecule has 0 radical (unpaired) electrons. The first-order valence-corrected chi connectivity index (χ1v) is 8.09. The second kappa shape index (κ2) is 8.10. The van der Waals surface area contributed by atoms with Gasteiger partial charge in [0.1, 0.15) is 0 Å². The van der Waals surface area contributed by atoms with Gasteiger partial charge >= 0.3 is 0 Å². The van der Waals surface area contributed by atoms with Crippen LogP contribution in [0, 0.1) is 0 Å². The van der Waals surface area contributed by atoms with Crippen LogP contribution in [0.5, 0.6) is 0 Å². The smallest absolute Gasteiger partial charge is 0.223 e. The SMILES string of the molecule is CO[C@H]1CCCN(C(=O)CCc2cnn(C)c2)[C@H]1CCC(N)=O. The Morgan fingerprint density at radius 3 is 2.83 bits per heavy atom. The maximum absolute atomic E-state index is 12.6. The van der Waals surface area contributed by atoms with E-state index in [9.17, 15) is 9.59 Å². The molecule has 1 aliphatic heterocycles. The molecule has 0 aliphatic carbocycles. The number of hydrogen-bond acceptors (Lipinski definition) is 4. The molecule has 1 aromatic heterocycles. The number of amides is 2. The van der Waals surface area contributed by atoms with Crippen molar-refractivity contribution in [3.8, 4) is 0 Å². The molecule has 2 atom stereocenters. The minimum Gasteiger partial charge on any atom is -0.379 e. The number of methoxy groups -OCH3 is 1. The summed E-state index contributed by atoms with van der Waals surface area (Å²) in [7, 11) is 3.52. The molecule has 1 fully saturated rings. The van der Waals surface area contributed by atoms with Gasteiger partial charge in [0.25, 0.3) is 0 Å². The molecule has 0 bridgehead atoms. The van der Waals surface area contributed by atoms with Crippen LogP contribution in [0.1, 0.15) is 37.7 Å². The monoisotopic (exact) mass is 322 g/mol. The van der Waals surface area contributed by atoms with Gasteiger partial charge in [-0.1, -0.05) is 0 Å². The zero-order valence-electron chi connectivity index (χ0n) is 13.9. The summed E-state index contributed by atoms with van der Waals surface area (Å²) in [6.07, 6.45) is 7.46. The number of nitrogens with zero attached hydrogens (tertiary/aromatic N) is 3. The predicted octanol–water partition coefficient (Wildman–Crippen LogP) is 0.624. The van der Waals surface area contributed by atoms with E-state index in [1.165, 1.54) is 0 Å². The number of hydrogen-bond donors (Lipinski definition) is 1. The van der Waals surface area contributed by atoms with Gasteiger partial charge in [-0.2, -0.15) is 5.10 Å². The van der Waals surface area contributed by atoms with Crippen molar-refractivity contribution in [2.75, 3.05) is 13.7 Å². The molecule has 7 heteroatoms. The standard InChI is InChI=1S/C16H26N4O3/c1-19-11-12(10-18-19)5-8-16(22)20-9-3-4-14(23-2)13(20)6-7-15(17)21/h10-11,13-14H,3-9H2,1-2H3,(H2,17,21)/t13-,14-/m0/s1. The first kappa shape index (κ1) is 17.5. The largest absolute Gasteiger partial charge is 0.379 e. The molecule has 2 rings (SSSR count). The third kappa shape index (κ3) is 4.79. The maximum Gasteiger partial charge on any atom is 0.223 e. The van der Waals surface area contributed by atoms with Crippen LogP contribution in [0.2, 0.25) is 0 Å². The highest BCUT2D eigenvalue weighted by atomic mass is 16.5. The molecule has 1 aliphatic rings. The van der Waals surface area contributed by atoms with E-state index in [4.69, 9.17) is 10.5 Å². The minimum atomic E-state index is -0.340. The normalized spacial score (nSPS) is 21.4. The Balaban J connectivity index is 1.97. The Morgan fingerprint density at radius 2 is 2.22 bits per heavy atom. The quantitative estimate of drug-likeness (QED) is 0.797. The van der Waals surface area contributed by atoms with E-state index < -0.39 is 0 Å². The summed E-state index contributed by atoms with van der Waals surface area (Å²) in [5, 5.41) is 4.12. The number of aromatic nitrogens is 2. The fourth-order valence-corrected chi connectivity index (χ4v) is 3.23. The summed E-state index contributed by atoms with van der Waals surface area (Å²) in [6.45, 7) is 0.717. The lowest BCUT2D eigenvalue weighted by atomic mass is 9.94. The Kier molecular flexibility index (Phi) is 6.15. The van der Waals surface area contributed by atoms with Crippen LogP contribution < -0.4 is 5.73 Å². The number of carbonyl (C=O) groups is 2. The Hall–Kier alpha value is -1.89. The van der Waals surface area contributed by atoms with Crippen LogP contribution in [0.3, 0.4) is 0 Å². The van der Waals surface area contributed by atoms with Gasteiger partial charge in [-0.05, 0) is 31.2 Å². The van der Waals surface area contributed by atoms with Crippen LogP contribution in [0.15, 0.2) is 12.4 Å². The number of ether oxygens (including phenoxy) is 1. The van der Waals surface area contributed by atoms with Crippen LogP contribution >= 0.6 is 0 Å². The Bertz CT molecular complexity index is 543. The van der Waals surface area contributed by atoms with Crippen LogP contribution in [0.25, 0.3) is 0 Å². The second-order valence-corrected chi connectivity index (χ2v) is 6.10. The van der Waals surface area contributed by atoms with Crippen molar-refractivity contribution in [2.24, 2.45) is 12.8 Å². The van der Waals surface area contributed by atoms with E-state index in [0.717, 1.165) is 24.9 Å². The Morgan fingerprint density at radius 1 is 1.43 bits per heavy atom. The summed E-state index contributed by atoms with van der Waals surface area (Å²) < 4.78 is 7.26. The van der Waals surface area contributed by atoms with Crippen molar-refractivity contribution in [3.63, 3.8) is 0 Å². The number of rotatable bonds is 7. The van der Waals surface area contributed by atoms with Crippen LogP contribution in [0.4, 0.5) is 0 Å². The van der Waals surface area contributed by atoms with E-state index in [1.807, 2.05) is 18.1 Å². The fourth-order valence-electron chi connectivity index (χ4n) is 3.23. The average molecular weight is 322 g/mol. The van der Waals surface area contributed by atoms with E-state index in [1.54, 1.807) is 18.0 Å². The van der Waals surface area contributed by atoms with Gasteiger partial charge in [0.2, 0.25) is 11.8 Å². The Labute approximate surface area is 136 Å². The lowest BCUT2D eigenvalue weighted by molar-refractivity contribution is -0.140. The van der Waals surface area contributed by atoms with Crippen LogP contribution in [-0.4, -0.2) is 52.3 Å². The van der Waals surface area contributed by atoms with E-state index >= 15 is 0 Å². The molecule has 23 heavy (non-hydrogen) atoms. The molecule has 2 heterocycles. The number of piperidine rings is 1. The molecule has 1 aromatic rings. The third-order valence-corrected chi connectivity index (χ3v) is 4.41. The lowest BCUT2D eigenvalue weighted by Crippen LogP contribution is -2.52. The van der Waals surface area contributed by atoms with E-state index in [0.29, 0.717) is 19.3 Å². The molecule has 2 amide bonds. The predicted molar refractivity (Wildman–Crippen MR) is 85.5 cm³/mol. The van der Waals surface area contributed by atoms with Gasteiger partial charge in [-0.15, -0.1) is 0 Å². The zero-order chi connectivity index (χ0) is 16.8. The summed E-state index contributed by atoms with van der Waals surface area (Å²) in [5.74, 6) is -0.238. The summed E-state index contributed by atoms with van der Waals surface area (Å²) >= 11 is 0. The molecule has 0 unspecified atom stereocenters. The van der Waals surface area contributed by atoms with Crippen molar-refractivity contribution < 1.29 is 14.3 Å². The molecule has 0 aromatic carbocycles. The van der Waals surface area contributed by atoms with Crippen molar-refractivity contribution >= 4 is 11.8 Å². The van der Waals surface area contributed by atoms with Gasteiger partial charge in [0.05, 0.1) is 18.3 Å². The van der Waals surface area contributed by atoms with Gasteiger partial charge in [-0.25, -0.2) is 0 Å². The first-order valence-electron chi connectivity index (χ1n) is 8.09. The van der Waals surface area contributed by atoms with Crippen molar-refractivity contribution in [1.29, 1.82) is 0 Å². The number of nitrogens with two attached hydrogens (primary N) is 1. The van der Waals surface area contributed by atoms with Gasteiger partial charge < -0.3 is 15.4 Å². The number of primary amides is 1. The summed E-state index contributed by atoms with van der Waals surface area (Å²) in [4.78, 5) is 25.6.